The minimum Gasteiger partial charge on any atom is -0.481 e. The predicted molar refractivity (Wildman–Crippen MR) is 94.3 cm³/mol. The second kappa shape index (κ2) is 8.88. The van der Waals surface area contributed by atoms with Crippen molar-refractivity contribution in [1.82, 2.24) is 5.32 Å². The van der Waals surface area contributed by atoms with Crippen LogP contribution in [0.3, 0.4) is 0 Å². The first kappa shape index (κ1) is 18.5. The Labute approximate surface area is 147 Å². The molecule has 1 aromatic carbocycles. The number of amides is 3. The number of unbranched alkanes of at least 4 members (excludes halogenated alkanes) is 3. The molecule has 1 saturated heterocycles. The molecule has 0 atom stereocenters. The molecular formula is C19H22N2O4. The van der Waals surface area contributed by atoms with Crippen molar-refractivity contribution in [3.8, 4) is 11.8 Å². The normalized spacial score (nSPS) is 13.9. The first-order valence-corrected chi connectivity index (χ1v) is 8.40. The number of anilines is 1. The van der Waals surface area contributed by atoms with Crippen molar-refractivity contribution < 1.29 is 19.5 Å². The van der Waals surface area contributed by atoms with Gasteiger partial charge in [0.25, 0.3) is 0 Å². The van der Waals surface area contributed by atoms with Gasteiger partial charge in [-0.25, -0.2) is 4.79 Å². The number of nitrogens with zero attached hydrogens (tertiary/aromatic N) is 1. The Morgan fingerprint density at radius 1 is 1.28 bits per heavy atom. The van der Waals surface area contributed by atoms with E-state index in [1.54, 1.807) is 4.90 Å². The average Bonchev–Trinajstić information content (AvgIpc) is 2.54. The molecule has 1 heterocycles. The predicted octanol–water partition coefficient (Wildman–Crippen LogP) is 2.83. The van der Waals surface area contributed by atoms with Crippen LogP contribution in [0.15, 0.2) is 18.2 Å². The number of urea groups is 1. The molecule has 25 heavy (non-hydrogen) atoms. The molecule has 0 radical (unpaired) electrons. The van der Waals surface area contributed by atoms with Gasteiger partial charge in [-0.2, -0.15) is 0 Å². The summed E-state index contributed by atoms with van der Waals surface area (Å²) < 4.78 is 0. The number of aryl methyl sites for hydroxylation is 1. The van der Waals surface area contributed by atoms with E-state index in [9.17, 15) is 14.4 Å². The molecule has 2 rings (SSSR count). The summed E-state index contributed by atoms with van der Waals surface area (Å²) in [4.78, 5) is 35.1. The summed E-state index contributed by atoms with van der Waals surface area (Å²) in [7, 11) is 0. The van der Waals surface area contributed by atoms with E-state index in [2.05, 4.69) is 17.2 Å². The SMILES string of the molecule is Cc1cc(C#CCCCCCC(=O)O)ccc1N1CCC(=O)NC1=O. The third kappa shape index (κ3) is 5.64. The molecule has 1 fully saturated rings. The second-order valence-corrected chi connectivity index (χ2v) is 6.01. The lowest BCUT2D eigenvalue weighted by Crippen LogP contribution is -2.49. The van der Waals surface area contributed by atoms with Gasteiger partial charge in [-0.3, -0.25) is 19.8 Å². The summed E-state index contributed by atoms with van der Waals surface area (Å²) in [5.41, 5.74) is 2.59. The summed E-state index contributed by atoms with van der Waals surface area (Å²) in [6, 6.07) is 5.25. The highest BCUT2D eigenvalue weighted by molar-refractivity contribution is 6.05. The van der Waals surface area contributed by atoms with Crippen molar-refractivity contribution in [3.63, 3.8) is 0 Å². The number of nitrogens with one attached hydrogen (secondary N) is 1. The number of hydrogen-bond acceptors (Lipinski definition) is 3. The number of benzene rings is 1. The summed E-state index contributed by atoms with van der Waals surface area (Å²) in [5, 5.41) is 10.9. The Balaban J connectivity index is 1.89. The number of carbonyl (C=O) groups excluding carboxylic acids is 2. The molecule has 1 aliphatic rings. The summed E-state index contributed by atoms with van der Waals surface area (Å²) in [6.07, 6.45) is 3.68. The van der Waals surface area contributed by atoms with Gasteiger partial charge in [0.2, 0.25) is 5.91 Å². The van der Waals surface area contributed by atoms with Crippen molar-refractivity contribution in [2.24, 2.45) is 0 Å². The van der Waals surface area contributed by atoms with Gasteiger partial charge in [-0.1, -0.05) is 18.3 Å². The number of carboxylic acids is 1. The zero-order valence-electron chi connectivity index (χ0n) is 14.3. The lowest BCUT2D eigenvalue weighted by Gasteiger charge is -2.27. The van der Waals surface area contributed by atoms with Gasteiger partial charge in [0.15, 0.2) is 0 Å². The van der Waals surface area contributed by atoms with Gasteiger partial charge in [0.05, 0.1) is 0 Å². The van der Waals surface area contributed by atoms with Crippen LogP contribution in [0, 0.1) is 18.8 Å². The summed E-state index contributed by atoms with van der Waals surface area (Å²) >= 11 is 0. The maximum Gasteiger partial charge on any atom is 0.328 e. The Morgan fingerprint density at radius 3 is 2.76 bits per heavy atom. The van der Waals surface area contributed by atoms with Crippen LogP contribution in [0.5, 0.6) is 0 Å². The quantitative estimate of drug-likeness (QED) is 0.615. The lowest BCUT2D eigenvalue weighted by molar-refractivity contribution is -0.137. The molecular weight excluding hydrogens is 320 g/mol. The fourth-order valence-electron chi connectivity index (χ4n) is 2.66. The molecule has 0 unspecified atom stereocenters. The van der Waals surface area contributed by atoms with E-state index in [1.807, 2.05) is 25.1 Å². The van der Waals surface area contributed by atoms with Crippen LogP contribution in [0.2, 0.25) is 0 Å². The van der Waals surface area contributed by atoms with Crippen molar-refractivity contribution in [2.75, 3.05) is 11.4 Å². The molecule has 0 bridgehead atoms. The molecule has 3 amide bonds. The molecule has 1 aromatic rings. The van der Waals surface area contributed by atoms with Crippen LogP contribution >= 0.6 is 0 Å². The number of imide groups is 1. The van der Waals surface area contributed by atoms with Crippen molar-refractivity contribution in [3.05, 3.63) is 29.3 Å². The highest BCUT2D eigenvalue weighted by atomic mass is 16.4. The topological polar surface area (TPSA) is 86.7 Å². The van der Waals surface area contributed by atoms with Gasteiger partial charge in [-0.05, 0) is 43.5 Å². The molecule has 2 N–H and O–H groups in total. The standard InChI is InChI=1S/C19H22N2O4/c1-14-13-15(7-5-3-2-4-6-8-18(23)24)9-10-16(14)21-12-11-17(22)20-19(21)25/h9-10,13H,2-4,6,8,11-12H2,1H3,(H,23,24)(H,20,22,25). The number of aliphatic carboxylic acids is 1. The minimum absolute atomic E-state index is 0.212. The molecule has 6 nitrogen and oxygen atoms in total. The maximum atomic E-state index is 11.9. The molecule has 0 aliphatic carbocycles. The highest BCUT2D eigenvalue weighted by Gasteiger charge is 2.25. The van der Waals surface area contributed by atoms with Crippen LogP contribution < -0.4 is 10.2 Å². The number of carbonyl (C=O) groups is 3. The third-order valence-corrected chi connectivity index (χ3v) is 3.97. The van der Waals surface area contributed by atoms with E-state index in [4.69, 9.17) is 5.11 Å². The van der Waals surface area contributed by atoms with Crippen LogP contribution in [-0.2, 0) is 9.59 Å². The first-order valence-electron chi connectivity index (χ1n) is 8.40. The Hall–Kier alpha value is -2.81. The average molecular weight is 342 g/mol. The zero-order chi connectivity index (χ0) is 18.2. The van der Waals surface area contributed by atoms with Gasteiger partial charge >= 0.3 is 12.0 Å². The van der Waals surface area contributed by atoms with Crippen LogP contribution in [0.1, 0.15) is 49.7 Å². The van der Waals surface area contributed by atoms with Gasteiger partial charge in [-0.15, -0.1) is 0 Å². The molecule has 0 spiro atoms. The monoisotopic (exact) mass is 342 g/mol. The van der Waals surface area contributed by atoms with Crippen LogP contribution in [0.25, 0.3) is 0 Å². The number of hydrogen-bond donors (Lipinski definition) is 2. The largest absolute Gasteiger partial charge is 0.481 e. The summed E-state index contributed by atoms with van der Waals surface area (Å²) in [6.45, 7) is 2.29. The molecule has 6 heteroatoms. The minimum atomic E-state index is -0.756. The smallest absolute Gasteiger partial charge is 0.328 e. The van der Waals surface area contributed by atoms with Crippen molar-refractivity contribution >= 4 is 23.6 Å². The Kier molecular flexibility index (Phi) is 6.58. The number of rotatable bonds is 6. The molecule has 132 valence electrons. The van der Waals surface area contributed by atoms with Gasteiger partial charge < -0.3 is 5.11 Å². The van der Waals surface area contributed by atoms with Gasteiger partial charge in [0.1, 0.15) is 0 Å². The lowest BCUT2D eigenvalue weighted by atomic mass is 10.1. The van der Waals surface area contributed by atoms with Gasteiger partial charge in [0, 0.05) is 37.1 Å². The Bertz CT molecular complexity index is 731. The second-order valence-electron chi connectivity index (χ2n) is 6.01. The van der Waals surface area contributed by atoms with Crippen molar-refractivity contribution in [1.29, 1.82) is 0 Å². The number of carboxylic acid groups (broad SMARTS) is 1. The molecule has 0 saturated carbocycles. The first-order chi connectivity index (χ1) is 12.0. The van der Waals surface area contributed by atoms with E-state index in [0.29, 0.717) is 19.4 Å². The van der Waals surface area contributed by atoms with E-state index in [0.717, 1.165) is 36.1 Å². The van der Waals surface area contributed by atoms with Crippen LogP contribution in [0.4, 0.5) is 10.5 Å². The highest BCUT2D eigenvalue weighted by Crippen LogP contribution is 2.23. The van der Waals surface area contributed by atoms with Crippen LogP contribution in [-0.4, -0.2) is 29.6 Å². The van der Waals surface area contributed by atoms with E-state index in [1.165, 1.54) is 0 Å². The fraction of sp³-hybridized carbons (Fsp3) is 0.421. The summed E-state index contributed by atoms with van der Waals surface area (Å²) in [5.74, 6) is 5.19. The third-order valence-electron chi connectivity index (χ3n) is 3.97. The maximum absolute atomic E-state index is 11.9. The van der Waals surface area contributed by atoms with E-state index >= 15 is 0 Å². The Morgan fingerprint density at radius 2 is 2.08 bits per heavy atom. The van der Waals surface area contributed by atoms with E-state index in [-0.39, 0.29) is 18.4 Å². The molecule has 0 aromatic heterocycles. The molecule has 1 aliphatic heterocycles. The zero-order valence-corrected chi connectivity index (χ0v) is 14.3. The fourth-order valence-corrected chi connectivity index (χ4v) is 2.66. The van der Waals surface area contributed by atoms with E-state index < -0.39 is 5.97 Å². The van der Waals surface area contributed by atoms with Crippen molar-refractivity contribution in [2.45, 2.75) is 45.4 Å².